The predicted octanol–water partition coefficient (Wildman–Crippen LogP) is 2.77. The topological polar surface area (TPSA) is 47.6 Å². The number of ether oxygens (including phenoxy) is 2. The molecular weight excluding hydrogens is 242 g/mol. The molecule has 0 atom stereocenters. The van der Waals surface area contributed by atoms with Crippen LogP contribution in [-0.2, 0) is 0 Å². The second-order valence-corrected chi connectivity index (χ2v) is 4.69. The van der Waals surface area contributed by atoms with Gasteiger partial charge in [0.2, 0.25) is 0 Å². The molecule has 1 N–H and O–H groups in total. The van der Waals surface area contributed by atoms with Crippen LogP contribution < -0.4 is 14.8 Å². The van der Waals surface area contributed by atoms with Crippen molar-refractivity contribution in [2.45, 2.75) is 39.2 Å². The maximum absolute atomic E-state index is 12.0. The van der Waals surface area contributed by atoms with Crippen LogP contribution in [-0.4, -0.2) is 25.2 Å². The molecule has 0 heterocycles. The lowest BCUT2D eigenvalue weighted by Gasteiger charge is -2.13. The SMILES string of the molecule is CCCOc1ccc(C(=O)NC2CC2)cc1OCC. The molecule has 2 rings (SSSR count). The number of amides is 1. The summed E-state index contributed by atoms with van der Waals surface area (Å²) in [5.41, 5.74) is 0.624. The van der Waals surface area contributed by atoms with E-state index >= 15 is 0 Å². The van der Waals surface area contributed by atoms with E-state index in [1.54, 1.807) is 12.1 Å². The molecule has 1 fully saturated rings. The molecule has 0 aliphatic heterocycles. The van der Waals surface area contributed by atoms with Gasteiger partial charge in [-0.05, 0) is 44.4 Å². The zero-order valence-corrected chi connectivity index (χ0v) is 11.6. The van der Waals surface area contributed by atoms with Crippen LogP contribution in [0.3, 0.4) is 0 Å². The van der Waals surface area contributed by atoms with E-state index in [9.17, 15) is 4.79 Å². The van der Waals surface area contributed by atoms with Gasteiger partial charge in [-0.2, -0.15) is 0 Å². The highest BCUT2D eigenvalue weighted by atomic mass is 16.5. The number of hydrogen-bond donors (Lipinski definition) is 1. The Morgan fingerprint density at radius 1 is 1.26 bits per heavy atom. The zero-order chi connectivity index (χ0) is 13.7. The maximum Gasteiger partial charge on any atom is 0.251 e. The summed E-state index contributed by atoms with van der Waals surface area (Å²) in [6.45, 7) is 5.17. The highest BCUT2D eigenvalue weighted by Crippen LogP contribution is 2.29. The first-order valence-corrected chi connectivity index (χ1v) is 6.95. The minimum Gasteiger partial charge on any atom is -0.490 e. The smallest absolute Gasteiger partial charge is 0.251 e. The van der Waals surface area contributed by atoms with E-state index in [-0.39, 0.29) is 5.91 Å². The Hall–Kier alpha value is -1.71. The molecule has 0 aromatic heterocycles. The van der Waals surface area contributed by atoms with Gasteiger partial charge in [0.25, 0.3) is 5.91 Å². The Kier molecular flexibility index (Phi) is 4.66. The summed E-state index contributed by atoms with van der Waals surface area (Å²) in [4.78, 5) is 12.0. The third-order valence-corrected chi connectivity index (χ3v) is 2.88. The summed E-state index contributed by atoms with van der Waals surface area (Å²) in [5.74, 6) is 1.30. The molecule has 4 heteroatoms. The van der Waals surface area contributed by atoms with E-state index in [4.69, 9.17) is 9.47 Å². The lowest BCUT2D eigenvalue weighted by atomic mass is 10.2. The van der Waals surface area contributed by atoms with Crippen molar-refractivity contribution < 1.29 is 14.3 Å². The summed E-state index contributed by atoms with van der Waals surface area (Å²) in [5, 5.41) is 2.97. The van der Waals surface area contributed by atoms with Gasteiger partial charge >= 0.3 is 0 Å². The molecule has 1 saturated carbocycles. The average molecular weight is 263 g/mol. The van der Waals surface area contributed by atoms with E-state index in [1.165, 1.54) is 0 Å². The lowest BCUT2D eigenvalue weighted by molar-refractivity contribution is 0.0950. The second-order valence-electron chi connectivity index (χ2n) is 4.69. The van der Waals surface area contributed by atoms with E-state index in [2.05, 4.69) is 12.2 Å². The molecule has 0 spiro atoms. The van der Waals surface area contributed by atoms with Crippen LogP contribution in [0.25, 0.3) is 0 Å². The highest BCUT2D eigenvalue weighted by molar-refractivity contribution is 5.95. The van der Waals surface area contributed by atoms with E-state index in [0.29, 0.717) is 36.3 Å². The predicted molar refractivity (Wildman–Crippen MR) is 73.9 cm³/mol. The minimum atomic E-state index is -0.0366. The fourth-order valence-corrected chi connectivity index (χ4v) is 1.75. The van der Waals surface area contributed by atoms with Gasteiger partial charge in [0.15, 0.2) is 11.5 Å². The number of rotatable bonds is 7. The molecule has 1 aliphatic rings. The molecule has 0 radical (unpaired) electrons. The first-order valence-electron chi connectivity index (χ1n) is 6.95. The van der Waals surface area contributed by atoms with Gasteiger partial charge in [-0.3, -0.25) is 4.79 Å². The van der Waals surface area contributed by atoms with Crippen LogP contribution >= 0.6 is 0 Å². The van der Waals surface area contributed by atoms with Crippen molar-refractivity contribution in [3.05, 3.63) is 23.8 Å². The van der Waals surface area contributed by atoms with Crippen LogP contribution in [0.1, 0.15) is 43.5 Å². The van der Waals surface area contributed by atoms with Gasteiger partial charge in [-0.1, -0.05) is 6.92 Å². The fraction of sp³-hybridized carbons (Fsp3) is 0.533. The largest absolute Gasteiger partial charge is 0.490 e. The summed E-state index contributed by atoms with van der Waals surface area (Å²) in [6.07, 6.45) is 3.11. The van der Waals surface area contributed by atoms with Crippen LogP contribution in [0.5, 0.6) is 11.5 Å². The van der Waals surface area contributed by atoms with Crippen molar-refractivity contribution in [1.82, 2.24) is 5.32 Å². The number of hydrogen-bond acceptors (Lipinski definition) is 3. The van der Waals surface area contributed by atoms with Gasteiger partial charge in [0.05, 0.1) is 13.2 Å². The Bertz CT molecular complexity index is 441. The van der Waals surface area contributed by atoms with Crippen molar-refractivity contribution >= 4 is 5.91 Å². The highest BCUT2D eigenvalue weighted by Gasteiger charge is 2.24. The fourth-order valence-electron chi connectivity index (χ4n) is 1.75. The standard InChI is InChI=1S/C15H21NO3/c1-3-9-19-13-8-5-11(10-14(13)18-4-2)15(17)16-12-6-7-12/h5,8,10,12H,3-4,6-7,9H2,1-2H3,(H,16,17). The first kappa shape index (κ1) is 13.7. The van der Waals surface area contributed by atoms with Crippen molar-refractivity contribution in [2.24, 2.45) is 0 Å². The number of carbonyl (C=O) groups is 1. The van der Waals surface area contributed by atoms with Crippen molar-refractivity contribution in [2.75, 3.05) is 13.2 Å². The number of benzene rings is 1. The molecule has 104 valence electrons. The maximum atomic E-state index is 12.0. The van der Waals surface area contributed by atoms with Gasteiger partial charge in [0, 0.05) is 11.6 Å². The molecule has 1 aromatic carbocycles. The van der Waals surface area contributed by atoms with Gasteiger partial charge in [-0.15, -0.1) is 0 Å². The average Bonchev–Trinajstić information content (AvgIpc) is 3.21. The van der Waals surface area contributed by atoms with Gasteiger partial charge < -0.3 is 14.8 Å². The summed E-state index contributed by atoms with van der Waals surface area (Å²) in [6, 6.07) is 5.71. The van der Waals surface area contributed by atoms with Crippen molar-refractivity contribution in [1.29, 1.82) is 0 Å². The molecule has 1 aromatic rings. The van der Waals surface area contributed by atoms with Crippen LogP contribution in [0.4, 0.5) is 0 Å². The zero-order valence-electron chi connectivity index (χ0n) is 11.6. The van der Waals surface area contributed by atoms with Crippen LogP contribution in [0.2, 0.25) is 0 Å². The van der Waals surface area contributed by atoms with Crippen LogP contribution in [0.15, 0.2) is 18.2 Å². The Morgan fingerprint density at radius 2 is 2.05 bits per heavy atom. The Balaban J connectivity index is 2.11. The molecule has 1 aliphatic carbocycles. The normalized spacial score (nSPS) is 14.0. The third kappa shape index (κ3) is 3.88. The Morgan fingerprint density at radius 3 is 2.68 bits per heavy atom. The summed E-state index contributed by atoms with van der Waals surface area (Å²) >= 11 is 0. The summed E-state index contributed by atoms with van der Waals surface area (Å²) < 4.78 is 11.2. The van der Waals surface area contributed by atoms with Gasteiger partial charge in [-0.25, -0.2) is 0 Å². The molecule has 19 heavy (non-hydrogen) atoms. The number of nitrogens with one attached hydrogen (secondary N) is 1. The number of carbonyl (C=O) groups excluding carboxylic acids is 1. The molecule has 0 bridgehead atoms. The van der Waals surface area contributed by atoms with Crippen LogP contribution in [0, 0.1) is 0 Å². The molecule has 4 nitrogen and oxygen atoms in total. The molecular formula is C15H21NO3. The van der Waals surface area contributed by atoms with Crippen molar-refractivity contribution in [3.8, 4) is 11.5 Å². The Labute approximate surface area is 114 Å². The molecule has 0 unspecified atom stereocenters. The lowest BCUT2D eigenvalue weighted by Crippen LogP contribution is -2.25. The van der Waals surface area contributed by atoms with E-state index in [0.717, 1.165) is 19.3 Å². The van der Waals surface area contributed by atoms with E-state index in [1.807, 2.05) is 13.0 Å². The second kappa shape index (κ2) is 6.45. The minimum absolute atomic E-state index is 0.0366. The van der Waals surface area contributed by atoms with Gasteiger partial charge in [0.1, 0.15) is 0 Å². The molecule has 0 saturated heterocycles. The summed E-state index contributed by atoms with van der Waals surface area (Å²) in [7, 11) is 0. The van der Waals surface area contributed by atoms with Crippen molar-refractivity contribution in [3.63, 3.8) is 0 Å². The van der Waals surface area contributed by atoms with E-state index < -0.39 is 0 Å². The third-order valence-electron chi connectivity index (χ3n) is 2.88. The first-order chi connectivity index (χ1) is 9.24. The monoisotopic (exact) mass is 263 g/mol. The molecule has 1 amide bonds. The quantitative estimate of drug-likeness (QED) is 0.823.